The number of carbonyl (C=O) groups excluding carboxylic acids is 2. The Kier molecular flexibility index (Phi) is 8.73. The zero-order chi connectivity index (χ0) is 28.2. The first-order chi connectivity index (χ1) is 18.5. The van der Waals surface area contributed by atoms with Crippen LogP contribution in [0.5, 0.6) is 0 Å². The summed E-state index contributed by atoms with van der Waals surface area (Å²) < 4.78 is 45.9. The van der Waals surface area contributed by atoms with Crippen molar-refractivity contribution >= 4 is 29.2 Å². The number of aromatic nitrogens is 5. The van der Waals surface area contributed by atoms with Crippen LogP contribution in [-0.4, -0.2) is 61.6 Å². The van der Waals surface area contributed by atoms with Crippen molar-refractivity contribution in [2.75, 3.05) is 12.3 Å². The first kappa shape index (κ1) is 28.3. The van der Waals surface area contributed by atoms with Crippen LogP contribution in [0.15, 0.2) is 24.8 Å². The topological polar surface area (TPSA) is 139 Å². The van der Waals surface area contributed by atoms with Crippen molar-refractivity contribution in [2.24, 2.45) is 13.0 Å². The smallest absolute Gasteiger partial charge is 0.386 e. The monoisotopic (exact) mass is 551 g/mol. The van der Waals surface area contributed by atoms with Gasteiger partial charge in [0.15, 0.2) is 0 Å². The second-order valence-corrected chi connectivity index (χ2v) is 9.84. The van der Waals surface area contributed by atoms with Crippen molar-refractivity contribution in [2.45, 2.75) is 70.1 Å². The Hall–Kier alpha value is -3.68. The maximum Gasteiger partial charge on any atom is 0.386 e. The average molecular weight is 552 g/mol. The summed E-state index contributed by atoms with van der Waals surface area (Å²) in [5.74, 6) is 0.677. The third-order valence-electron chi connectivity index (χ3n) is 6.83. The highest BCUT2D eigenvalue weighted by molar-refractivity contribution is 5.99. The van der Waals surface area contributed by atoms with Crippen molar-refractivity contribution in [1.82, 2.24) is 29.6 Å². The van der Waals surface area contributed by atoms with E-state index < -0.39 is 12.3 Å². The minimum absolute atomic E-state index is 0.00796. The molecule has 3 N–H and O–H groups in total. The predicted octanol–water partition coefficient (Wildman–Crippen LogP) is 3.51. The standard InChI is InChI=1S/C23H29N7O4.C2H3F3/c1-29-9-8-17(28-29)16-11-30(22-20(16)21(24)26-12-27-22)19-7-6-18(34-19)23(32)25-10-14-2-4-15(5-3-14)33-13-31;1-2(3,4)5/h8-9,11-15,18-19H,2-7,10H2,1H3,(H,25,32)(H2,24,26,27);1H3. The molecule has 4 heterocycles. The molecule has 212 valence electrons. The van der Waals surface area contributed by atoms with E-state index in [4.69, 9.17) is 15.2 Å². The Bertz CT molecular complexity index is 1280. The van der Waals surface area contributed by atoms with Crippen LogP contribution in [0.2, 0.25) is 0 Å². The zero-order valence-corrected chi connectivity index (χ0v) is 21.7. The third kappa shape index (κ3) is 7.25. The highest BCUT2D eigenvalue weighted by Gasteiger charge is 2.34. The van der Waals surface area contributed by atoms with E-state index in [1.54, 1.807) is 4.68 Å². The molecule has 5 rings (SSSR count). The molecule has 1 aliphatic heterocycles. The van der Waals surface area contributed by atoms with E-state index >= 15 is 0 Å². The van der Waals surface area contributed by atoms with Gasteiger partial charge in [0.2, 0.25) is 5.91 Å². The van der Waals surface area contributed by atoms with Gasteiger partial charge >= 0.3 is 6.18 Å². The van der Waals surface area contributed by atoms with E-state index in [1.165, 1.54) is 6.33 Å². The number of nitrogens with two attached hydrogens (primary N) is 1. The van der Waals surface area contributed by atoms with Crippen LogP contribution in [0, 0.1) is 5.92 Å². The summed E-state index contributed by atoms with van der Waals surface area (Å²) in [6, 6.07) is 1.91. The molecule has 1 aliphatic carbocycles. The maximum absolute atomic E-state index is 12.8. The summed E-state index contributed by atoms with van der Waals surface area (Å²) in [5, 5.41) is 8.28. The normalized spacial score (nSPS) is 23.2. The SMILES string of the molecule is CC(F)(F)F.Cn1ccc(-c2cn(C3CCC(C(=O)NCC4CCC(OC=O)CC4)O3)c3ncnc(N)c23)n1. The van der Waals surface area contributed by atoms with Gasteiger partial charge in [-0.1, -0.05) is 0 Å². The second-order valence-electron chi connectivity index (χ2n) is 9.84. The van der Waals surface area contributed by atoms with Gasteiger partial charge in [0.05, 0.1) is 11.1 Å². The lowest BCUT2D eigenvalue weighted by Gasteiger charge is -2.27. The molecule has 3 aromatic heterocycles. The number of amides is 1. The lowest BCUT2D eigenvalue weighted by Crippen LogP contribution is -2.38. The number of halogens is 3. The summed E-state index contributed by atoms with van der Waals surface area (Å²) in [6.45, 7) is 1.32. The number of rotatable bonds is 7. The van der Waals surface area contributed by atoms with Crippen molar-refractivity contribution in [3.8, 4) is 11.3 Å². The molecular formula is C25H32F3N7O4. The Morgan fingerprint density at radius 2 is 1.95 bits per heavy atom. The molecule has 1 amide bonds. The maximum atomic E-state index is 12.8. The summed E-state index contributed by atoms with van der Waals surface area (Å²) in [5.41, 5.74) is 8.46. The number of anilines is 1. The van der Waals surface area contributed by atoms with Gasteiger partial charge in [0, 0.05) is 38.5 Å². The van der Waals surface area contributed by atoms with Gasteiger partial charge in [-0.2, -0.15) is 18.3 Å². The van der Waals surface area contributed by atoms with Gasteiger partial charge < -0.3 is 25.1 Å². The molecule has 0 radical (unpaired) electrons. The van der Waals surface area contributed by atoms with Crippen LogP contribution in [0.1, 0.15) is 51.7 Å². The minimum atomic E-state index is -4.00. The predicted molar refractivity (Wildman–Crippen MR) is 135 cm³/mol. The Labute approximate surface area is 222 Å². The molecule has 1 saturated heterocycles. The summed E-state index contributed by atoms with van der Waals surface area (Å²) in [6.07, 6.45) is 5.23. The number of nitrogens with zero attached hydrogens (tertiary/aromatic N) is 5. The summed E-state index contributed by atoms with van der Waals surface area (Å²) >= 11 is 0. The Morgan fingerprint density at radius 3 is 2.59 bits per heavy atom. The molecule has 11 nitrogen and oxygen atoms in total. The number of ether oxygens (including phenoxy) is 2. The van der Waals surface area contributed by atoms with Crippen molar-refractivity contribution in [1.29, 1.82) is 0 Å². The van der Waals surface area contributed by atoms with E-state index in [1.807, 2.05) is 30.1 Å². The summed E-state index contributed by atoms with van der Waals surface area (Å²) in [7, 11) is 1.86. The number of nitrogen functional groups attached to an aromatic ring is 1. The molecule has 3 aromatic rings. The zero-order valence-electron chi connectivity index (χ0n) is 21.7. The van der Waals surface area contributed by atoms with Crippen LogP contribution >= 0.6 is 0 Å². The van der Waals surface area contributed by atoms with Crippen LogP contribution in [0.3, 0.4) is 0 Å². The van der Waals surface area contributed by atoms with Crippen molar-refractivity contribution in [3.05, 3.63) is 24.8 Å². The fraction of sp³-hybridized carbons (Fsp3) is 0.560. The van der Waals surface area contributed by atoms with E-state index in [-0.39, 0.29) is 25.2 Å². The number of fused-ring (bicyclic) bond motifs is 1. The van der Waals surface area contributed by atoms with Crippen LogP contribution < -0.4 is 11.1 Å². The quantitative estimate of drug-likeness (QED) is 0.426. The molecule has 1 saturated carbocycles. The second kappa shape index (κ2) is 12.0. The molecule has 2 fully saturated rings. The molecule has 2 atom stereocenters. The van der Waals surface area contributed by atoms with Gasteiger partial charge in [0.1, 0.15) is 36.2 Å². The Morgan fingerprint density at radius 1 is 1.23 bits per heavy atom. The van der Waals surface area contributed by atoms with Crippen molar-refractivity contribution < 1.29 is 32.2 Å². The molecule has 0 bridgehead atoms. The molecular weight excluding hydrogens is 519 g/mol. The van der Waals surface area contributed by atoms with E-state index in [9.17, 15) is 22.8 Å². The molecule has 0 spiro atoms. The third-order valence-corrected chi connectivity index (χ3v) is 6.83. The average Bonchev–Trinajstić information content (AvgIpc) is 3.61. The first-order valence-corrected chi connectivity index (χ1v) is 12.7. The van der Waals surface area contributed by atoms with Crippen molar-refractivity contribution in [3.63, 3.8) is 0 Å². The van der Waals surface area contributed by atoms with Gasteiger partial charge in [-0.25, -0.2) is 9.97 Å². The van der Waals surface area contributed by atoms with Crippen LogP contribution in [0.4, 0.5) is 19.0 Å². The molecule has 39 heavy (non-hydrogen) atoms. The van der Waals surface area contributed by atoms with Gasteiger partial charge in [-0.3, -0.25) is 14.3 Å². The van der Waals surface area contributed by atoms with Gasteiger partial charge in [-0.15, -0.1) is 0 Å². The summed E-state index contributed by atoms with van der Waals surface area (Å²) in [4.78, 5) is 31.9. The Balaban J connectivity index is 0.000000648. The fourth-order valence-electron chi connectivity index (χ4n) is 5.01. The molecule has 2 unspecified atom stereocenters. The molecule has 2 aliphatic rings. The minimum Gasteiger partial charge on any atom is -0.465 e. The number of alkyl halides is 3. The number of carbonyl (C=O) groups is 2. The lowest BCUT2D eigenvalue weighted by molar-refractivity contribution is -0.135. The first-order valence-electron chi connectivity index (χ1n) is 12.7. The lowest BCUT2D eigenvalue weighted by atomic mass is 9.87. The highest BCUT2D eigenvalue weighted by atomic mass is 19.4. The highest BCUT2D eigenvalue weighted by Crippen LogP contribution is 2.37. The van der Waals surface area contributed by atoms with Crippen LogP contribution in [0.25, 0.3) is 22.3 Å². The molecule has 0 aromatic carbocycles. The van der Waals surface area contributed by atoms with Crippen LogP contribution in [-0.2, 0) is 26.1 Å². The van der Waals surface area contributed by atoms with E-state index in [0.29, 0.717) is 43.2 Å². The van der Waals surface area contributed by atoms with E-state index in [2.05, 4.69) is 20.4 Å². The van der Waals surface area contributed by atoms with Gasteiger partial charge in [0.25, 0.3) is 6.47 Å². The largest absolute Gasteiger partial charge is 0.465 e. The van der Waals surface area contributed by atoms with Gasteiger partial charge in [-0.05, 0) is 50.5 Å². The number of hydrogen-bond donors (Lipinski definition) is 2. The molecule has 14 heteroatoms. The number of nitrogens with one attached hydrogen (secondary N) is 1. The number of hydrogen-bond acceptors (Lipinski definition) is 8. The van der Waals surface area contributed by atoms with E-state index in [0.717, 1.165) is 42.3 Å². The number of aryl methyl sites for hydroxylation is 1. The fourth-order valence-corrected chi connectivity index (χ4v) is 5.01.